The van der Waals surface area contributed by atoms with Gasteiger partial charge in [0.2, 0.25) is 0 Å². The molecule has 7 heteroatoms. The van der Waals surface area contributed by atoms with E-state index in [0.29, 0.717) is 42.0 Å². The molecule has 30 heavy (non-hydrogen) atoms. The highest BCUT2D eigenvalue weighted by Crippen LogP contribution is 2.31. The Morgan fingerprint density at radius 1 is 1.13 bits per heavy atom. The van der Waals surface area contributed by atoms with Gasteiger partial charge in [0, 0.05) is 11.9 Å². The van der Waals surface area contributed by atoms with Crippen molar-refractivity contribution >= 4 is 16.7 Å². The average Bonchev–Trinajstić information content (AvgIpc) is 2.77. The highest BCUT2D eigenvalue weighted by atomic mass is 16.6. The maximum atomic E-state index is 13.4. The monoisotopic (exact) mass is 407 g/mol. The molecule has 0 aliphatic carbocycles. The number of ether oxygens (including phenoxy) is 2. The van der Waals surface area contributed by atoms with Crippen LogP contribution < -0.4 is 15.0 Å². The first kappa shape index (κ1) is 19.9. The van der Waals surface area contributed by atoms with Gasteiger partial charge in [-0.3, -0.25) is 9.59 Å². The minimum Gasteiger partial charge on any atom is -0.486 e. The second-order valence-electron chi connectivity index (χ2n) is 7.58. The Labute approximate surface area is 174 Å². The molecule has 0 saturated carbocycles. The summed E-state index contributed by atoms with van der Waals surface area (Å²) < 4.78 is 13.2. The third-order valence-corrected chi connectivity index (χ3v) is 5.18. The molecule has 2 heterocycles. The number of para-hydroxylation sites is 2. The van der Waals surface area contributed by atoms with Crippen molar-refractivity contribution in [1.29, 1.82) is 0 Å². The van der Waals surface area contributed by atoms with Gasteiger partial charge in [0.25, 0.3) is 11.5 Å². The summed E-state index contributed by atoms with van der Waals surface area (Å²) in [5.74, 6) is 1.15. The van der Waals surface area contributed by atoms with Crippen LogP contribution in [0.4, 0.5) is 0 Å². The number of carbonyl (C=O) groups excluding carboxylic acids is 1. The lowest BCUT2D eigenvalue weighted by Crippen LogP contribution is -2.44. The van der Waals surface area contributed by atoms with Gasteiger partial charge in [0.15, 0.2) is 23.3 Å². The third-order valence-electron chi connectivity index (χ3n) is 5.18. The van der Waals surface area contributed by atoms with E-state index in [1.807, 2.05) is 51.1 Å². The predicted molar refractivity (Wildman–Crippen MR) is 114 cm³/mol. The molecule has 0 radical (unpaired) electrons. The Morgan fingerprint density at radius 3 is 2.50 bits per heavy atom. The predicted octanol–water partition coefficient (Wildman–Crippen LogP) is 3.28. The molecule has 0 spiro atoms. The van der Waals surface area contributed by atoms with E-state index in [0.717, 1.165) is 0 Å². The Morgan fingerprint density at radius 2 is 1.80 bits per heavy atom. The van der Waals surface area contributed by atoms with Gasteiger partial charge in [0.05, 0.1) is 18.0 Å². The molecule has 4 rings (SSSR count). The van der Waals surface area contributed by atoms with Gasteiger partial charge in [-0.2, -0.15) is 5.10 Å². The second kappa shape index (κ2) is 8.18. The molecule has 7 nitrogen and oxygen atoms in total. The van der Waals surface area contributed by atoms with Crippen molar-refractivity contribution in [3.8, 4) is 11.5 Å². The molecule has 0 bridgehead atoms. The summed E-state index contributed by atoms with van der Waals surface area (Å²) in [5, 5.41) is 5.49. The van der Waals surface area contributed by atoms with Crippen molar-refractivity contribution in [3.63, 3.8) is 0 Å². The van der Waals surface area contributed by atoms with Crippen molar-refractivity contribution in [2.45, 2.75) is 32.9 Å². The molecule has 1 aliphatic heterocycles. The number of rotatable bonds is 5. The molecule has 1 atom stereocenters. The molecular formula is C23H25N3O4. The molecule has 0 unspecified atom stereocenters. The van der Waals surface area contributed by atoms with Gasteiger partial charge in [-0.1, -0.05) is 30.3 Å². The van der Waals surface area contributed by atoms with Crippen LogP contribution in [0.5, 0.6) is 11.5 Å². The molecule has 156 valence electrons. The van der Waals surface area contributed by atoms with Crippen LogP contribution in [0.2, 0.25) is 0 Å². The standard InChI is InChI=1S/C23H25N3O4/c1-4-25(13-16-14-29-19-11-7-8-12-20(19)30-16)23(28)21-17-9-5-6-10-18(17)22(27)26(24-21)15(2)3/h5-12,15-16H,4,13-14H2,1-3H3/t16-/m0/s1. The van der Waals surface area contributed by atoms with E-state index in [2.05, 4.69) is 5.10 Å². The van der Waals surface area contributed by atoms with Crippen molar-refractivity contribution < 1.29 is 14.3 Å². The molecule has 3 aromatic rings. The molecular weight excluding hydrogens is 382 g/mol. The summed E-state index contributed by atoms with van der Waals surface area (Å²) in [6.45, 7) is 6.87. The van der Waals surface area contributed by atoms with Crippen LogP contribution in [-0.2, 0) is 0 Å². The first-order valence-electron chi connectivity index (χ1n) is 10.2. The Hall–Kier alpha value is -3.35. The van der Waals surface area contributed by atoms with Gasteiger partial charge in [-0.15, -0.1) is 0 Å². The van der Waals surface area contributed by atoms with Crippen LogP contribution in [0, 0.1) is 0 Å². The molecule has 0 saturated heterocycles. The number of nitrogens with zero attached hydrogens (tertiary/aromatic N) is 3. The zero-order chi connectivity index (χ0) is 21.3. The van der Waals surface area contributed by atoms with E-state index < -0.39 is 0 Å². The molecule has 2 aromatic carbocycles. The Kier molecular flexibility index (Phi) is 5.44. The van der Waals surface area contributed by atoms with Crippen LogP contribution in [-0.4, -0.2) is 46.4 Å². The number of aromatic nitrogens is 2. The lowest BCUT2D eigenvalue weighted by Gasteiger charge is -2.31. The highest BCUT2D eigenvalue weighted by Gasteiger charge is 2.27. The van der Waals surface area contributed by atoms with E-state index in [-0.39, 0.29) is 29.3 Å². The largest absolute Gasteiger partial charge is 0.486 e. The van der Waals surface area contributed by atoms with Gasteiger partial charge in [0.1, 0.15) is 6.61 Å². The van der Waals surface area contributed by atoms with E-state index in [1.54, 1.807) is 23.1 Å². The smallest absolute Gasteiger partial charge is 0.275 e. The zero-order valence-electron chi connectivity index (χ0n) is 17.4. The van der Waals surface area contributed by atoms with E-state index in [4.69, 9.17) is 9.47 Å². The number of amides is 1. The number of fused-ring (bicyclic) bond motifs is 2. The summed E-state index contributed by atoms with van der Waals surface area (Å²) in [4.78, 5) is 27.9. The molecule has 1 amide bonds. The van der Waals surface area contributed by atoms with Gasteiger partial charge < -0.3 is 14.4 Å². The van der Waals surface area contributed by atoms with Crippen molar-refractivity contribution in [2.75, 3.05) is 19.7 Å². The first-order chi connectivity index (χ1) is 14.5. The number of likely N-dealkylation sites (N-methyl/N-ethyl adjacent to an activating group) is 1. The van der Waals surface area contributed by atoms with Crippen LogP contribution >= 0.6 is 0 Å². The molecule has 1 aliphatic rings. The number of hydrogen-bond acceptors (Lipinski definition) is 5. The van der Waals surface area contributed by atoms with Crippen LogP contribution in [0.15, 0.2) is 53.3 Å². The highest BCUT2D eigenvalue weighted by molar-refractivity contribution is 6.04. The Bertz CT molecular complexity index is 1140. The maximum Gasteiger partial charge on any atom is 0.275 e. The summed E-state index contributed by atoms with van der Waals surface area (Å²) in [7, 11) is 0. The topological polar surface area (TPSA) is 73.7 Å². The van der Waals surface area contributed by atoms with Crippen LogP contribution in [0.3, 0.4) is 0 Å². The number of hydrogen-bond donors (Lipinski definition) is 0. The lowest BCUT2D eigenvalue weighted by molar-refractivity contribution is 0.0471. The van der Waals surface area contributed by atoms with Gasteiger partial charge >= 0.3 is 0 Å². The fourth-order valence-corrected chi connectivity index (χ4v) is 3.62. The second-order valence-corrected chi connectivity index (χ2v) is 7.58. The summed E-state index contributed by atoms with van der Waals surface area (Å²) in [5.41, 5.74) is 0.0821. The van der Waals surface area contributed by atoms with E-state index >= 15 is 0 Å². The van der Waals surface area contributed by atoms with Crippen LogP contribution in [0.1, 0.15) is 37.3 Å². The zero-order valence-corrected chi connectivity index (χ0v) is 17.4. The molecule has 0 fully saturated rings. The van der Waals surface area contributed by atoms with Crippen LogP contribution in [0.25, 0.3) is 10.8 Å². The fourth-order valence-electron chi connectivity index (χ4n) is 3.62. The van der Waals surface area contributed by atoms with Gasteiger partial charge in [-0.05, 0) is 39.0 Å². The summed E-state index contributed by atoms with van der Waals surface area (Å²) in [6.07, 6.45) is -0.286. The minimum absolute atomic E-state index is 0.157. The normalized spacial score (nSPS) is 15.4. The number of benzene rings is 2. The van der Waals surface area contributed by atoms with E-state index in [1.165, 1.54) is 4.68 Å². The quantitative estimate of drug-likeness (QED) is 0.649. The van der Waals surface area contributed by atoms with Crippen molar-refractivity contribution in [1.82, 2.24) is 14.7 Å². The molecule has 1 aromatic heterocycles. The molecule has 0 N–H and O–H groups in total. The SMILES string of the molecule is CCN(C[C@H]1COc2ccccc2O1)C(=O)c1nn(C(C)C)c(=O)c2ccccc12. The fraction of sp³-hybridized carbons (Fsp3) is 0.348. The Balaban J connectivity index is 1.65. The summed E-state index contributed by atoms with van der Waals surface area (Å²) in [6, 6.07) is 14.5. The number of carbonyl (C=O) groups is 1. The third kappa shape index (κ3) is 3.63. The lowest BCUT2D eigenvalue weighted by atomic mass is 10.1. The summed E-state index contributed by atoms with van der Waals surface area (Å²) >= 11 is 0. The van der Waals surface area contributed by atoms with Crippen molar-refractivity contribution in [2.24, 2.45) is 0 Å². The average molecular weight is 407 g/mol. The first-order valence-corrected chi connectivity index (χ1v) is 10.2. The minimum atomic E-state index is -0.286. The van der Waals surface area contributed by atoms with Crippen molar-refractivity contribution in [3.05, 3.63) is 64.6 Å². The van der Waals surface area contributed by atoms with E-state index in [9.17, 15) is 9.59 Å². The maximum absolute atomic E-state index is 13.4. The van der Waals surface area contributed by atoms with Gasteiger partial charge in [-0.25, -0.2) is 4.68 Å².